The number of nitrogens with one attached hydrogen (secondary N) is 1. The van der Waals surface area contributed by atoms with Gasteiger partial charge in [-0.2, -0.15) is 4.98 Å². The van der Waals surface area contributed by atoms with Gasteiger partial charge in [-0.25, -0.2) is 14.3 Å². The molecule has 13 nitrogen and oxygen atoms in total. The molecule has 0 aromatic heterocycles. The second-order valence-electron chi connectivity index (χ2n) is 7.07. The Morgan fingerprint density at radius 2 is 1.77 bits per heavy atom. The summed E-state index contributed by atoms with van der Waals surface area (Å²) in [6, 6.07) is 3.36. The van der Waals surface area contributed by atoms with Gasteiger partial charge in [0.05, 0.1) is 24.2 Å². The monoisotopic (exact) mass is 456 g/mol. The summed E-state index contributed by atoms with van der Waals surface area (Å²) in [5.74, 6) is -0.183. The van der Waals surface area contributed by atoms with Gasteiger partial charge in [-0.1, -0.05) is 0 Å². The number of hydrogen-bond donors (Lipinski definition) is 6. The lowest BCUT2D eigenvalue weighted by molar-refractivity contribution is -0.0766. The number of nitrogens with zero attached hydrogens (tertiary/aromatic N) is 3. The number of phosphoric ester groups is 1. The van der Waals surface area contributed by atoms with Gasteiger partial charge < -0.3 is 29.7 Å². The average Bonchev–Trinajstić information content (AvgIpc) is 2.66. The van der Waals surface area contributed by atoms with Crippen LogP contribution in [0.2, 0.25) is 0 Å². The first-order valence-electron chi connectivity index (χ1n) is 9.04. The van der Waals surface area contributed by atoms with Crippen LogP contribution in [-0.2, 0) is 15.6 Å². The maximum atomic E-state index is 12.3. The number of benzene rings is 1. The summed E-state index contributed by atoms with van der Waals surface area (Å²) in [7, 11) is -5.15. The molecule has 6 N–H and O–H groups in total. The molecule has 3 rings (SSSR count). The maximum Gasteiger partial charge on any atom is 0.470 e. The Kier molecular flexibility index (Phi) is 6.39. The lowest BCUT2D eigenvalue weighted by Gasteiger charge is -2.28. The molecule has 0 bridgehead atoms. The van der Waals surface area contributed by atoms with E-state index in [-0.39, 0.29) is 11.5 Å². The lowest BCUT2D eigenvalue weighted by atomic mass is 10.1. The van der Waals surface area contributed by atoms with Gasteiger partial charge in [0.25, 0.3) is 5.56 Å². The second-order valence-corrected chi connectivity index (χ2v) is 8.26. The fraction of sp³-hybridized carbons (Fsp3) is 0.412. The fourth-order valence-electron chi connectivity index (χ4n) is 3.19. The van der Waals surface area contributed by atoms with E-state index in [4.69, 9.17) is 9.79 Å². The van der Waals surface area contributed by atoms with E-state index in [1.807, 2.05) is 11.9 Å². The first-order valence-corrected chi connectivity index (χ1v) is 10.6. The van der Waals surface area contributed by atoms with Gasteiger partial charge in [0, 0.05) is 0 Å². The molecule has 2 aliphatic heterocycles. The smallest absolute Gasteiger partial charge is 0.394 e. The lowest BCUT2D eigenvalue weighted by Crippen LogP contribution is -2.43. The highest BCUT2D eigenvalue weighted by Crippen LogP contribution is 2.39. The topological polar surface area (TPSA) is 208 Å². The van der Waals surface area contributed by atoms with Crippen LogP contribution in [-0.4, -0.2) is 69.5 Å². The number of aryl methyl sites for hydroxylation is 2. The van der Waals surface area contributed by atoms with Crippen molar-refractivity contribution >= 4 is 18.9 Å². The molecule has 0 aliphatic carbocycles. The number of aliphatic hydroxyl groups is 3. The van der Waals surface area contributed by atoms with Crippen LogP contribution < -0.4 is 11.2 Å². The van der Waals surface area contributed by atoms with Gasteiger partial charge >= 0.3 is 13.5 Å². The highest BCUT2D eigenvalue weighted by Gasteiger charge is 2.35. The summed E-state index contributed by atoms with van der Waals surface area (Å²) in [5.41, 5.74) is 0.417. The molecule has 168 valence electrons. The van der Waals surface area contributed by atoms with Crippen molar-refractivity contribution in [1.29, 1.82) is 0 Å². The van der Waals surface area contributed by atoms with E-state index in [1.165, 1.54) is 4.57 Å². The molecule has 2 aliphatic rings. The number of H-pyrrole nitrogens is 1. The first kappa shape index (κ1) is 23.2. The Balaban J connectivity index is 2.23. The van der Waals surface area contributed by atoms with Crippen molar-refractivity contribution in [3.8, 4) is 11.5 Å². The van der Waals surface area contributed by atoms with E-state index in [9.17, 15) is 29.5 Å². The molecule has 0 amide bonds. The van der Waals surface area contributed by atoms with Gasteiger partial charge in [0.1, 0.15) is 18.3 Å². The van der Waals surface area contributed by atoms with Crippen LogP contribution in [0, 0.1) is 13.8 Å². The largest absolute Gasteiger partial charge is 0.470 e. The Bertz CT molecular complexity index is 1250. The van der Waals surface area contributed by atoms with Crippen molar-refractivity contribution in [2.24, 2.45) is 0 Å². The molecule has 0 fully saturated rings. The van der Waals surface area contributed by atoms with Crippen LogP contribution in [0.15, 0.2) is 21.7 Å². The van der Waals surface area contributed by atoms with Crippen molar-refractivity contribution in [1.82, 2.24) is 19.5 Å². The quantitative estimate of drug-likeness (QED) is 0.176. The average molecular weight is 456 g/mol. The van der Waals surface area contributed by atoms with E-state index >= 15 is 0 Å². The SMILES string of the molecule is Cc1cc2nc3c(=O)[nH]c(=O)nc-3n(C[C@H](O)[C@H](OP(=O)(O)O)[C@H](O)CO)c2cc1C. The molecule has 0 saturated heterocycles. The third kappa shape index (κ3) is 4.88. The number of phosphoric acid groups is 1. The third-order valence-corrected chi connectivity index (χ3v) is 5.32. The van der Waals surface area contributed by atoms with Crippen molar-refractivity contribution in [3.63, 3.8) is 0 Å². The Morgan fingerprint density at radius 1 is 1.13 bits per heavy atom. The summed E-state index contributed by atoms with van der Waals surface area (Å²) in [6.07, 6.45) is -5.51. The van der Waals surface area contributed by atoms with Crippen molar-refractivity contribution in [3.05, 3.63) is 44.1 Å². The molecule has 3 atom stereocenters. The van der Waals surface area contributed by atoms with Crippen LogP contribution >= 0.6 is 7.82 Å². The third-order valence-electron chi connectivity index (χ3n) is 4.80. The summed E-state index contributed by atoms with van der Waals surface area (Å²) in [6.45, 7) is 2.17. The molecule has 31 heavy (non-hydrogen) atoms. The maximum absolute atomic E-state index is 12.3. The zero-order chi connectivity index (χ0) is 23.1. The molecule has 1 aromatic rings. The molecule has 0 spiro atoms. The standard InChI is InChI=1S/C17H21N4O9P/c1-7-3-9-10(4-8(7)2)21(15-13(18-9)16(25)20-17(26)19-15)5-11(23)14(12(24)6-22)30-31(27,28)29/h3-4,11-12,14,22-24H,5-6H2,1-2H3,(H,20,25,26)(H2,27,28,29)/t11-,12+,14-/m0/s1. The zero-order valence-electron chi connectivity index (χ0n) is 16.5. The first-order chi connectivity index (χ1) is 14.4. The van der Waals surface area contributed by atoms with Gasteiger partial charge in [-0.3, -0.25) is 14.3 Å². The molecule has 1 aromatic carbocycles. The Hall–Kier alpha value is -2.51. The second kappa shape index (κ2) is 8.55. The van der Waals surface area contributed by atoms with E-state index in [0.717, 1.165) is 11.1 Å². The zero-order valence-corrected chi connectivity index (χ0v) is 17.4. The van der Waals surface area contributed by atoms with Gasteiger partial charge in [0.2, 0.25) is 0 Å². The number of aromatic amines is 1. The minimum absolute atomic E-state index is 0.183. The highest BCUT2D eigenvalue weighted by atomic mass is 31.2. The number of rotatable bonds is 7. The van der Waals surface area contributed by atoms with Crippen LogP contribution in [0.1, 0.15) is 11.1 Å². The summed E-state index contributed by atoms with van der Waals surface area (Å²) in [4.78, 5) is 52.3. The number of aliphatic hydroxyl groups excluding tert-OH is 3. The predicted octanol–water partition coefficient (Wildman–Crippen LogP) is -1.61. The Labute approximate surface area is 174 Å². The predicted molar refractivity (Wildman–Crippen MR) is 107 cm³/mol. The van der Waals surface area contributed by atoms with Crippen molar-refractivity contribution < 1.29 is 34.2 Å². The minimum atomic E-state index is -5.15. The van der Waals surface area contributed by atoms with Crippen LogP contribution in [0.4, 0.5) is 0 Å². The molecule has 0 unspecified atom stereocenters. The van der Waals surface area contributed by atoms with Crippen LogP contribution in [0.25, 0.3) is 22.6 Å². The van der Waals surface area contributed by atoms with E-state index in [0.29, 0.717) is 11.0 Å². The molecule has 0 radical (unpaired) electrons. The number of aromatic nitrogens is 4. The van der Waals surface area contributed by atoms with Crippen LogP contribution in [0.3, 0.4) is 0 Å². The van der Waals surface area contributed by atoms with Crippen molar-refractivity contribution in [2.75, 3.05) is 6.61 Å². The summed E-state index contributed by atoms with van der Waals surface area (Å²) < 4.78 is 17.0. The number of hydrogen-bond acceptors (Lipinski definition) is 9. The van der Waals surface area contributed by atoms with Gasteiger partial charge in [0.15, 0.2) is 11.5 Å². The van der Waals surface area contributed by atoms with E-state index in [2.05, 4.69) is 14.5 Å². The Morgan fingerprint density at radius 3 is 2.39 bits per heavy atom. The van der Waals surface area contributed by atoms with Gasteiger partial charge in [-0.15, -0.1) is 0 Å². The van der Waals surface area contributed by atoms with E-state index < -0.39 is 50.5 Å². The summed E-state index contributed by atoms with van der Waals surface area (Å²) in [5, 5.41) is 29.7. The normalized spacial score (nSPS) is 15.3. The minimum Gasteiger partial charge on any atom is -0.394 e. The number of fused-ring (bicyclic) bond motifs is 2. The van der Waals surface area contributed by atoms with Crippen LogP contribution in [0.5, 0.6) is 0 Å². The van der Waals surface area contributed by atoms with E-state index in [1.54, 1.807) is 19.1 Å². The summed E-state index contributed by atoms with van der Waals surface area (Å²) >= 11 is 0. The highest BCUT2D eigenvalue weighted by molar-refractivity contribution is 7.46. The molecular formula is C17H21N4O9P. The molecule has 0 saturated carbocycles. The van der Waals surface area contributed by atoms with Crippen molar-refractivity contribution in [2.45, 2.75) is 38.7 Å². The molecular weight excluding hydrogens is 435 g/mol. The molecule has 2 heterocycles. The van der Waals surface area contributed by atoms with Gasteiger partial charge in [-0.05, 0) is 37.1 Å². The molecule has 14 heteroatoms. The fourth-order valence-corrected chi connectivity index (χ4v) is 3.78.